The van der Waals surface area contributed by atoms with Crippen LogP contribution in [0, 0.1) is 5.92 Å². The predicted molar refractivity (Wildman–Crippen MR) is 149 cm³/mol. The van der Waals surface area contributed by atoms with Crippen molar-refractivity contribution in [1.82, 2.24) is 14.5 Å². The van der Waals surface area contributed by atoms with Crippen LogP contribution in [0.3, 0.4) is 0 Å². The Morgan fingerprint density at radius 2 is 1.63 bits per heavy atom. The third-order valence-corrected chi connectivity index (χ3v) is 8.96. The molecule has 0 amide bonds. The number of aromatic nitrogens is 2. The number of aliphatic carboxylic acids is 1. The van der Waals surface area contributed by atoms with E-state index in [0.717, 1.165) is 37.1 Å². The molecule has 3 heterocycles. The lowest BCUT2D eigenvalue weighted by Crippen LogP contribution is -2.57. The Labute approximate surface area is 225 Å². The van der Waals surface area contributed by atoms with E-state index in [4.69, 9.17) is 4.84 Å². The lowest BCUT2D eigenvalue weighted by molar-refractivity contribution is -0.129. The first-order chi connectivity index (χ1) is 18.5. The Kier molecular flexibility index (Phi) is 8.46. The number of hydrogen-bond acceptors (Lipinski definition) is 6. The summed E-state index contributed by atoms with van der Waals surface area (Å²) in [6.07, 6.45) is 14.6. The van der Waals surface area contributed by atoms with Crippen LogP contribution in [0.2, 0.25) is 0 Å². The van der Waals surface area contributed by atoms with Crippen LogP contribution >= 0.6 is 0 Å². The van der Waals surface area contributed by atoms with Crippen LogP contribution in [0.5, 0.6) is 0 Å². The van der Waals surface area contributed by atoms with Gasteiger partial charge in [0, 0.05) is 24.2 Å². The predicted octanol–water partition coefficient (Wildman–Crippen LogP) is 5.53. The standard InChI is InChI=1S/C30H42N4O4/c1-3-38-32-28(30(36)37)27-29(35)34(26-16-9-8-15-25(26)31-27)24-18-22-13-10-14-23(19-24)33(22)21-12-7-5-4-6-11-20(2)17-21/h8-9,15-16,20-24H,3-7,10-14,17-19H2,1-2H3,(H,36,37)/b32-28-/t20-,21-,22-,23+,24+/m1/s1. The van der Waals surface area contributed by atoms with E-state index in [1.165, 1.54) is 51.4 Å². The van der Waals surface area contributed by atoms with Gasteiger partial charge in [-0.15, -0.1) is 0 Å². The van der Waals surface area contributed by atoms with Crippen molar-refractivity contribution in [3.63, 3.8) is 0 Å². The molecule has 38 heavy (non-hydrogen) atoms. The van der Waals surface area contributed by atoms with E-state index >= 15 is 0 Å². The van der Waals surface area contributed by atoms with Gasteiger partial charge in [0.1, 0.15) is 6.61 Å². The largest absolute Gasteiger partial charge is 0.476 e. The van der Waals surface area contributed by atoms with E-state index in [1.807, 2.05) is 28.8 Å². The number of para-hydroxylation sites is 2. The number of carbonyl (C=O) groups is 1. The molecule has 3 aliphatic rings. The van der Waals surface area contributed by atoms with Gasteiger partial charge in [0.2, 0.25) is 5.71 Å². The molecule has 8 heteroatoms. The lowest BCUT2D eigenvalue weighted by atomic mass is 9.78. The molecular formula is C30H42N4O4. The molecule has 8 nitrogen and oxygen atoms in total. The van der Waals surface area contributed by atoms with Crippen LogP contribution in [-0.2, 0) is 9.63 Å². The number of rotatable bonds is 6. The van der Waals surface area contributed by atoms with E-state index in [9.17, 15) is 14.7 Å². The Morgan fingerprint density at radius 1 is 0.974 bits per heavy atom. The zero-order chi connectivity index (χ0) is 26.6. The van der Waals surface area contributed by atoms with Crippen molar-refractivity contribution < 1.29 is 14.7 Å². The van der Waals surface area contributed by atoms with E-state index in [1.54, 1.807) is 6.92 Å². The minimum absolute atomic E-state index is 0.00315. The molecule has 0 unspecified atom stereocenters. The van der Waals surface area contributed by atoms with E-state index < -0.39 is 17.2 Å². The van der Waals surface area contributed by atoms with Gasteiger partial charge in [0.15, 0.2) is 5.69 Å². The van der Waals surface area contributed by atoms with Gasteiger partial charge in [-0.1, -0.05) is 62.7 Å². The zero-order valence-electron chi connectivity index (χ0n) is 22.8. The number of piperidine rings is 2. The second-order valence-corrected chi connectivity index (χ2v) is 11.6. The first-order valence-electron chi connectivity index (χ1n) is 14.7. The van der Waals surface area contributed by atoms with Gasteiger partial charge in [-0.05, 0) is 63.5 Å². The summed E-state index contributed by atoms with van der Waals surface area (Å²) in [5, 5.41) is 13.6. The molecule has 206 valence electrons. The van der Waals surface area contributed by atoms with Gasteiger partial charge < -0.3 is 14.5 Å². The molecule has 5 rings (SSSR count). The van der Waals surface area contributed by atoms with E-state index in [0.29, 0.717) is 23.6 Å². The maximum atomic E-state index is 13.9. The summed E-state index contributed by atoms with van der Waals surface area (Å²) in [6, 6.07) is 9.06. The van der Waals surface area contributed by atoms with Crippen molar-refractivity contribution in [2.24, 2.45) is 11.1 Å². The molecular weight excluding hydrogens is 480 g/mol. The molecule has 2 saturated heterocycles. The lowest BCUT2D eigenvalue weighted by Gasteiger charge is -2.53. The third-order valence-electron chi connectivity index (χ3n) is 8.96. The summed E-state index contributed by atoms with van der Waals surface area (Å²) in [4.78, 5) is 38.4. The van der Waals surface area contributed by atoms with Crippen LogP contribution in [0.25, 0.3) is 11.0 Å². The molecule has 1 aliphatic carbocycles. The number of benzene rings is 1. The summed E-state index contributed by atoms with van der Waals surface area (Å²) in [5.41, 5.74) is 0.383. The number of oxime groups is 1. The maximum absolute atomic E-state index is 13.9. The molecule has 1 saturated carbocycles. The van der Waals surface area contributed by atoms with Crippen molar-refractivity contribution in [3.8, 4) is 0 Å². The second kappa shape index (κ2) is 12.0. The molecule has 1 N–H and O–H groups in total. The number of carboxylic acid groups (broad SMARTS) is 1. The Balaban J connectivity index is 1.52. The highest BCUT2D eigenvalue weighted by atomic mass is 16.6. The highest BCUT2D eigenvalue weighted by Crippen LogP contribution is 2.43. The third kappa shape index (κ3) is 5.51. The minimum atomic E-state index is -1.31. The van der Waals surface area contributed by atoms with Crippen molar-refractivity contribution in [2.45, 2.75) is 115 Å². The monoisotopic (exact) mass is 522 g/mol. The van der Waals surface area contributed by atoms with E-state index in [2.05, 4.69) is 22.0 Å². The van der Waals surface area contributed by atoms with Gasteiger partial charge in [0.05, 0.1) is 11.0 Å². The highest BCUT2D eigenvalue weighted by Gasteiger charge is 2.43. The normalized spacial score (nSPS) is 29.3. The van der Waals surface area contributed by atoms with Crippen molar-refractivity contribution in [2.75, 3.05) is 6.61 Å². The molecule has 5 atom stereocenters. The van der Waals surface area contributed by atoms with Gasteiger partial charge in [-0.3, -0.25) is 9.69 Å². The van der Waals surface area contributed by atoms with Crippen molar-refractivity contribution >= 4 is 22.7 Å². The Morgan fingerprint density at radius 3 is 2.34 bits per heavy atom. The second-order valence-electron chi connectivity index (χ2n) is 11.6. The molecule has 2 aliphatic heterocycles. The summed E-state index contributed by atoms with van der Waals surface area (Å²) >= 11 is 0. The average molecular weight is 523 g/mol. The number of carboxylic acids is 1. The number of hydrogen-bond donors (Lipinski definition) is 1. The minimum Gasteiger partial charge on any atom is -0.476 e. The fourth-order valence-corrected chi connectivity index (χ4v) is 7.38. The van der Waals surface area contributed by atoms with Crippen LogP contribution in [0.15, 0.2) is 34.2 Å². The fourth-order valence-electron chi connectivity index (χ4n) is 7.38. The molecule has 1 aromatic heterocycles. The molecule has 1 aromatic carbocycles. The summed E-state index contributed by atoms with van der Waals surface area (Å²) in [6.45, 7) is 4.36. The highest BCUT2D eigenvalue weighted by molar-refractivity contribution is 6.41. The first kappa shape index (κ1) is 26.9. The van der Waals surface area contributed by atoms with Gasteiger partial charge in [0.25, 0.3) is 5.56 Å². The first-order valence-corrected chi connectivity index (χ1v) is 14.7. The fraction of sp³-hybridized carbons (Fsp3) is 0.667. The topological polar surface area (TPSA) is 97.0 Å². The quantitative estimate of drug-likeness (QED) is 0.396. The summed E-state index contributed by atoms with van der Waals surface area (Å²) in [7, 11) is 0. The Bertz CT molecular complexity index is 1210. The van der Waals surface area contributed by atoms with Crippen molar-refractivity contribution in [3.05, 3.63) is 40.3 Å². The van der Waals surface area contributed by atoms with Gasteiger partial charge in [-0.2, -0.15) is 0 Å². The molecule has 2 aromatic rings. The summed E-state index contributed by atoms with van der Waals surface area (Å²) < 4.78 is 1.83. The molecule has 0 radical (unpaired) electrons. The van der Waals surface area contributed by atoms with Crippen molar-refractivity contribution in [1.29, 1.82) is 0 Å². The molecule has 3 fully saturated rings. The maximum Gasteiger partial charge on any atom is 0.360 e. The van der Waals surface area contributed by atoms with Crippen LogP contribution in [0.4, 0.5) is 0 Å². The van der Waals surface area contributed by atoms with E-state index in [-0.39, 0.29) is 18.3 Å². The molecule has 2 bridgehead atoms. The smallest absolute Gasteiger partial charge is 0.360 e. The number of nitrogens with zero attached hydrogens (tertiary/aromatic N) is 4. The zero-order valence-corrected chi connectivity index (χ0v) is 22.8. The molecule has 0 spiro atoms. The number of fused-ring (bicyclic) bond motifs is 3. The average Bonchev–Trinajstić information content (AvgIpc) is 3.00. The van der Waals surface area contributed by atoms with Gasteiger partial charge >= 0.3 is 5.97 Å². The SMILES string of the molecule is CCO/N=C(\C(=O)O)c1nc2ccccc2n([C@H]2C[C@H]3CCC[C@@H](C2)N3[C@@H]2CCCCCC[C@@H](C)C2)c1=O. The van der Waals surface area contributed by atoms with Gasteiger partial charge in [-0.25, -0.2) is 9.78 Å². The Hall–Kier alpha value is -2.74. The van der Waals surface area contributed by atoms with Crippen LogP contribution in [0.1, 0.15) is 103 Å². The van der Waals surface area contributed by atoms with Crippen LogP contribution in [-0.4, -0.2) is 56.0 Å². The summed E-state index contributed by atoms with van der Waals surface area (Å²) in [5.74, 6) is -0.559. The van der Waals surface area contributed by atoms with Crippen LogP contribution < -0.4 is 5.56 Å².